The Bertz CT molecular complexity index is 1680. The van der Waals surface area contributed by atoms with E-state index in [2.05, 4.69) is 4.98 Å². The van der Waals surface area contributed by atoms with Gasteiger partial charge < -0.3 is 9.30 Å². The van der Waals surface area contributed by atoms with Crippen LogP contribution in [0.2, 0.25) is 0 Å². The molecule has 0 unspecified atom stereocenters. The molecule has 0 atom stereocenters. The first-order chi connectivity index (χ1) is 18.0. The zero-order valence-electron chi connectivity index (χ0n) is 20.7. The van der Waals surface area contributed by atoms with Gasteiger partial charge in [0.05, 0.1) is 17.8 Å². The van der Waals surface area contributed by atoms with Gasteiger partial charge in [-0.15, -0.1) is 0 Å². The van der Waals surface area contributed by atoms with E-state index in [1.807, 2.05) is 38.1 Å². The highest BCUT2D eigenvalue weighted by Gasteiger charge is 2.36. The largest absolute Gasteiger partial charge is 0.438 e. The third kappa shape index (κ3) is 5.28. The molecule has 0 N–H and O–H groups in total. The lowest BCUT2D eigenvalue weighted by Crippen LogP contribution is -2.29. The van der Waals surface area contributed by atoms with Crippen molar-refractivity contribution in [2.24, 2.45) is 0 Å². The molecule has 190 valence electrons. The summed E-state index contributed by atoms with van der Waals surface area (Å²) in [5.74, 6) is 0.404. The van der Waals surface area contributed by atoms with Crippen molar-refractivity contribution in [1.82, 2.24) is 9.55 Å². The first-order valence-corrected chi connectivity index (χ1v) is 11.5. The van der Waals surface area contributed by atoms with Gasteiger partial charge in [0.2, 0.25) is 5.88 Å². The second-order valence-corrected chi connectivity index (χ2v) is 8.79. The van der Waals surface area contributed by atoms with Crippen LogP contribution >= 0.6 is 0 Å². The Morgan fingerprint density at radius 2 is 1.66 bits per heavy atom. The van der Waals surface area contributed by atoms with Gasteiger partial charge in [-0.1, -0.05) is 23.8 Å². The van der Waals surface area contributed by atoms with Crippen LogP contribution in [-0.4, -0.2) is 9.55 Å². The summed E-state index contributed by atoms with van der Waals surface area (Å²) in [6, 6.07) is 19.1. The van der Waals surface area contributed by atoms with Crippen molar-refractivity contribution in [3.8, 4) is 35.0 Å². The molecule has 0 amide bonds. The maximum Gasteiger partial charge on any atom is 0.417 e. The molecule has 0 bridgehead atoms. The quantitative estimate of drug-likeness (QED) is 0.306. The van der Waals surface area contributed by atoms with Gasteiger partial charge in [-0.3, -0.25) is 4.79 Å². The molecule has 38 heavy (non-hydrogen) atoms. The molecule has 9 heteroatoms. The first-order valence-electron chi connectivity index (χ1n) is 11.5. The van der Waals surface area contributed by atoms with Gasteiger partial charge >= 0.3 is 6.18 Å². The molecule has 0 fully saturated rings. The van der Waals surface area contributed by atoms with E-state index < -0.39 is 22.9 Å². The number of ether oxygens (including phenoxy) is 1. The number of hydrogen-bond acceptors (Lipinski definition) is 5. The molecule has 0 aliphatic heterocycles. The predicted octanol–water partition coefficient (Wildman–Crippen LogP) is 6.44. The molecule has 0 radical (unpaired) electrons. The van der Waals surface area contributed by atoms with Crippen LogP contribution in [-0.2, 0) is 12.7 Å². The highest BCUT2D eigenvalue weighted by Crippen LogP contribution is 2.34. The number of aryl methyl sites for hydroxylation is 3. The van der Waals surface area contributed by atoms with Crippen molar-refractivity contribution in [3.05, 3.63) is 110 Å². The molecular weight excluding hydrogens is 493 g/mol. The van der Waals surface area contributed by atoms with Crippen molar-refractivity contribution >= 4 is 0 Å². The topological polar surface area (TPSA) is 91.7 Å². The summed E-state index contributed by atoms with van der Waals surface area (Å²) in [5.41, 5.74) is 0.502. The zero-order valence-corrected chi connectivity index (χ0v) is 20.7. The van der Waals surface area contributed by atoms with Gasteiger partial charge in [0, 0.05) is 5.69 Å². The molecule has 6 nitrogen and oxygen atoms in total. The van der Waals surface area contributed by atoms with Crippen LogP contribution < -0.4 is 10.3 Å². The van der Waals surface area contributed by atoms with Gasteiger partial charge in [0.1, 0.15) is 29.0 Å². The Balaban J connectivity index is 1.84. The molecular formula is C29H21F3N4O2. The zero-order chi connectivity index (χ0) is 27.6. The van der Waals surface area contributed by atoms with Crippen LogP contribution in [0.5, 0.6) is 11.6 Å². The van der Waals surface area contributed by atoms with Gasteiger partial charge in [-0.2, -0.15) is 23.7 Å². The van der Waals surface area contributed by atoms with Gasteiger partial charge in [-0.25, -0.2) is 4.98 Å². The fraction of sp³-hybridized carbons (Fsp3) is 0.172. The molecule has 0 aliphatic rings. The van der Waals surface area contributed by atoms with E-state index in [-0.39, 0.29) is 23.7 Å². The van der Waals surface area contributed by atoms with Crippen LogP contribution in [0.3, 0.4) is 0 Å². The van der Waals surface area contributed by atoms with Gasteiger partial charge in [-0.05, 0) is 79.9 Å². The van der Waals surface area contributed by atoms with Crippen LogP contribution in [0.25, 0.3) is 11.3 Å². The first kappa shape index (κ1) is 26.2. The van der Waals surface area contributed by atoms with Crippen molar-refractivity contribution in [1.29, 1.82) is 10.5 Å². The third-order valence-electron chi connectivity index (χ3n) is 6.03. The summed E-state index contributed by atoms with van der Waals surface area (Å²) < 4.78 is 48.4. The fourth-order valence-corrected chi connectivity index (χ4v) is 4.07. The molecule has 0 saturated heterocycles. The maximum absolute atomic E-state index is 13.8. The smallest absolute Gasteiger partial charge is 0.417 e. The Kier molecular flexibility index (Phi) is 7.05. The second-order valence-electron chi connectivity index (χ2n) is 8.79. The summed E-state index contributed by atoms with van der Waals surface area (Å²) >= 11 is 0. The van der Waals surface area contributed by atoms with E-state index >= 15 is 0 Å². The van der Waals surface area contributed by atoms with Crippen LogP contribution in [0.15, 0.2) is 65.5 Å². The molecule has 2 aromatic heterocycles. The van der Waals surface area contributed by atoms with E-state index in [4.69, 9.17) is 4.74 Å². The van der Waals surface area contributed by atoms with Crippen molar-refractivity contribution in [3.63, 3.8) is 0 Å². The number of rotatable bonds is 5. The summed E-state index contributed by atoms with van der Waals surface area (Å²) in [7, 11) is 0. The number of nitriles is 2. The summed E-state index contributed by atoms with van der Waals surface area (Å²) in [4.78, 5) is 17.5. The van der Waals surface area contributed by atoms with E-state index in [1.54, 1.807) is 19.1 Å². The van der Waals surface area contributed by atoms with E-state index in [1.165, 1.54) is 34.9 Å². The van der Waals surface area contributed by atoms with Crippen molar-refractivity contribution in [2.45, 2.75) is 33.5 Å². The Morgan fingerprint density at radius 1 is 0.947 bits per heavy atom. The molecule has 2 aromatic carbocycles. The van der Waals surface area contributed by atoms with E-state index in [0.717, 1.165) is 22.8 Å². The predicted molar refractivity (Wildman–Crippen MR) is 135 cm³/mol. The SMILES string of the molecule is Cc1ccc(Cn2c(-c3ccc(Oc4nc(C)ccc4C#N)cc3)cc(C(F)(F)F)c(C#N)c2=O)c(C)c1. The number of hydrogen-bond donors (Lipinski definition) is 0. The van der Waals surface area contributed by atoms with Crippen LogP contribution in [0, 0.1) is 43.4 Å². The number of aromatic nitrogens is 2. The number of alkyl halides is 3. The van der Waals surface area contributed by atoms with E-state index in [9.17, 15) is 28.5 Å². The lowest BCUT2D eigenvalue weighted by molar-refractivity contribution is -0.137. The lowest BCUT2D eigenvalue weighted by Gasteiger charge is -2.19. The highest BCUT2D eigenvalue weighted by atomic mass is 19.4. The standard InChI is InChI=1S/C29H21F3N4O2/c1-17-4-6-22(18(2)12-17)16-36-26(13-25(29(30,31)32)24(15-34)28(36)37)20-8-10-23(11-9-20)38-27-21(14-33)7-5-19(3)35-27/h4-13H,16H2,1-3H3. The second kappa shape index (κ2) is 10.2. The Morgan fingerprint density at radius 3 is 2.26 bits per heavy atom. The van der Waals surface area contributed by atoms with Crippen LogP contribution in [0.1, 0.15) is 39.1 Å². The average molecular weight is 515 g/mol. The summed E-state index contributed by atoms with van der Waals surface area (Å²) in [6.07, 6.45) is -4.90. The molecule has 0 saturated carbocycles. The van der Waals surface area contributed by atoms with Crippen LogP contribution in [0.4, 0.5) is 13.2 Å². The van der Waals surface area contributed by atoms with Gasteiger partial charge in [0.15, 0.2) is 0 Å². The normalized spacial score (nSPS) is 11.1. The third-order valence-corrected chi connectivity index (χ3v) is 6.03. The lowest BCUT2D eigenvalue weighted by atomic mass is 10.0. The minimum absolute atomic E-state index is 0.000700. The number of benzene rings is 2. The average Bonchev–Trinajstić information content (AvgIpc) is 2.86. The van der Waals surface area contributed by atoms with Crippen molar-refractivity contribution < 1.29 is 17.9 Å². The highest BCUT2D eigenvalue weighted by molar-refractivity contribution is 5.64. The molecule has 0 spiro atoms. The maximum atomic E-state index is 13.8. The summed E-state index contributed by atoms with van der Waals surface area (Å²) in [6.45, 7) is 5.48. The van der Waals surface area contributed by atoms with Gasteiger partial charge in [0.25, 0.3) is 5.56 Å². The Hall–Kier alpha value is -4.89. The number of nitrogens with zero attached hydrogens (tertiary/aromatic N) is 4. The molecule has 4 rings (SSSR count). The molecule has 0 aliphatic carbocycles. The Labute approximate surface area is 216 Å². The minimum atomic E-state index is -4.90. The fourth-order valence-electron chi connectivity index (χ4n) is 4.07. The van der Waals surface area contributed by atoms with E-state index in [0.29, 0.717) is 17.0 Å². The summed E-state index contributed by atoms with van der Waals surface area (Å²) in [5, 5.41) is 18.7. The number of halogens is 3. The molecule has 4 aromatic rings. The monoisotopic (exact) mass is 514 g/mol. The minimum Gasteiger partial charge on any atom is -0.438 e. The number of pyridine rings is 2. The molecule has 2 heterocycles. The van der Waals surface area contributed by atoms with Crippen molar-refractivity contribution in [2.75, 3.05) is 0 Å².